The van der Waals surface area contributed by atoms with E-state index in [1.54, 1.807) is 23.6 Å². The molecule has 0 aliphatic carbocycles. The summed E-state index contributed by atoms with van der Waals surface area (Å²) < 4.78 is 63.7. The molecule has 2 N–H and O–H groups in total. The van der Waals surface area contributed by atoms with Crippen molar-refractivity contribution >= 4 is 27.7 Å². The Kier molecular flexibility index (Phi) is 7.38. The highest BCUT2D eigenvalue weighted by Gasteiger charge is 2.32. The molecule has 1 fully saturated rings. The second-order valence-electron chi connectivity index (χ2n) is 7.71. The Balaban J connectivity index is 1.58. The second kappa shape index (κ2) is 9.87. The van der Waals surface area contributed by atoms with E-state index in [9.17, 15) is 31.2 Å². The minimum atomic E-state index is -4.54. The van der Waals surface area contributed by atoms with Gasteiger partial charge in [0.25, 0.3) is 5.91 Å². The Labute approximate surface area is 189 Å². The van der Waals surface area contributed by atoms with Gasteiger partial charge in [-0.2, -0.15) is 17.5 Å². The van der Waals surface area contributed by atoms with Gasteiger partial charge < -0.3 is 10.6 Å². The summed E-state index contributed by atoms with van der Waals surface area (Å²) >= 11 is 0. The maximum absolute atomic E-state index is 12.9. The largest absolute Gasteiger partial charge is 0.405 e. The van der Waals surface area contributed by atoms with Gasteiger partial charge in [-0.1, -0.05) is 0 Å². The van der Waals surface area contributed by atoms with E-state index in [2.05, 4.69) is 10.3 Å². The number of rotatable bonds is 6. The van der Waals surface area contributed by atoms with Gasteiger partial charge in [-0.3, -0.25) is 9.59 Å². The molecule has 1 saturated heterocycles. The molecule has 8 nitrogen and oxygen atoms in total. The SMILES string of the molecule is Cc1ccnc(NC(=O)C2CCN(S(=O)(=O)c3ccc(C(=O)NCC(F)(F)F)cc3)CC2)c1. The molecule has 2 aromatic rings. The van der Waals surface area contributed by atoms with E-state index in [0.717, 1.165) is 17.7 Å². The summed E-state index contributed by atoms with van der Waals surface area (Å²) in [5.74, 6) is -1.10. The lowest BCUT2D eigenvalue weighted by Crippen LogP contribution is -2.41. The molecule has 1 aliphatic heterocycles. The summed E-state index contributed by atoms with van der Waals surface area (Å²) in [7, 11) is -3.88. The summed E-state index contributed by atoms with van der Waals surface area (Å²) in [6.07, 6.45) is -2.30. The van der Waals surface area contributed by atoms with Crippen LogP contribution in [0.1, 0.15) is 28.8 Å². The third kappa shape index (κ3) is 6.51. The molecule has 0 atom stereocenters. The van der Waals surface area contributed by atoms with Crippen molar-refractivity contribution in [3.63, 3.8) is 0 Å². The number of carbonyl (C=O) groups is 2. The van der Waals surface area contributed by atoms with E-state index >= 15 is 0 Å². The predicted molar refractivity (Wildman–Crippen MR) is 114 cm³/mol. The summed E-state index contributed by atoms with van der Waals surface area (Å²) in [4.78, 5) is 28.3. The number of benzene rings is 1. The topological polar surface area (TPSA) is 108 Å². The van der Waals surface area contributed by atoms with Crippen molar-refractivity contribution in [1.82, 2.24) is 14.6 Å². The molecule has 0 unspecified atom stereocenters. The Morgan fingerprint density at radius 2 is 1.76 bits per heavy atom. The van der Waals surface area contributed by atoms with Crippen LogP contribution in [0.25, 0.3) is 0 Å². The van der Waals surface area contributed by atoms with Crippen LogP contribution in [0.15, 0.2) is 47.5 Å². The smallest absolute Gasteiger partial charge is 0.343 e. The van der Waals surface area contributed by atoms with Gasteiger partial charge in [0.1, 0.15) is 12.4 Å². The third-order valence-corrected chi connectivity index (χ3v) is 7.11. The maximum atomic E-state index is 12.9. The number of anilines is 1. The van der Waals surface area contributed by atoms with Crippen LogP contribution in [0.3, 0.4) is 0 Å². The highest BCUT2D eigenvalue weighted by atomic mass is 32.2. The minimum Gasteiger partial charge on any atom is -0.343 e. The number of halogens is 3. The van der Waals surface area contributed by atoms with Crippen molar-refractivity contribution in [2.24, 2.45) is 5.92 Å². The predicted octanol–water partition coefficient (Wildman–Crippen LogP) is 2.72. The van der Waals surface area contributed by atoms with Crippen LogP contribution in [-0.4, -0.2) is 55.3 Å². The minimum absolute atomic E-state index is 0.0817. The summed E-state index contributed by atoms with van der Waals surface area (Å²) in [6, 6.07) is 8.23. The third-order valence-electron chi connectivity index (χ3n) is 5.20. The summed E-state index contributed by atoms with van der Waals surface area (Å²) in [6.45, 7) is 0.668. The molecule has 0 bridgehead atoms. The first-order chi connectivity index (χ1) is 15.5. The Morgan fingerprint density at radius 1 is 1.12 bits per heavy atom. The molecule has 1 aliphatic rings. The number of aromatic nitrogens is 1. The lowest BCUT2D eigenvalue weighted by Gasteiger charge is -2.30. The van der Waals surface area contributed by atoms with Gasteiger partial charge >= 0.3 is 6.18 Å². The standard InChI is InChI=1S/C21H23F3N4O4S/c1-14-6-9-25-18(12-14)27-20(30)16-7-10-28(11-8-16)33(31,32)17-4-2-15(3-5-17)19(29)26-13-21(22,23)24/h2-6,9,12,16H,7-8,10-11,13H2,1H3,(H,26,29)(H,25,27,30). The van der Waals surface area contributed by atoms with Crippen molar-refractivity contribution in [3.8, 4) is 0 Å². The van der Waals surface area contributed by atoms with E-state index < -0.39 is 28.7 Å². The molecular formula is C21H23F3N4O4S. The number of hydrogen-bond donors (Lipinski definition) is 2. The highest BCUT2D eigenvalue weighted by Crippen LogP contribution is 2.25. The maximum Gasteiger partial charge on any atom is 0.405 e. The molecule has 0 saturated carbocycles. The number of alkyl halides is 3. The Morgan fingerprint density at radius 3 is 2.33 bits per heavy atom. The molecule has 2 heterocycles. The molecule has 178 valence electrons. The normalized spacial score (nSPS) is 15.8. The first-order valence-electron chi connectivity index (χ1n) is 10.1. The van der Waals surface area contributed by atoms with E-state index in [4.69, 9.17) is 0 Å². The van der Waals surface area contributed by atoms with E-state index in [1.807, 2.05) is 6.92 Å². The van der Waals surface area contributed by atoms with Gasteiger partial charge in [-0.05, 0) is 61.7 Å². The van der Waals surface area contributed by atoms with Gasteiger partial charge in [0.2, 0.25) is 15.9 Å². The van der Waals surface area contributed by atoms with Crippen LogP contribution in [0.2, 0.25) is 0 Å². The molecule has 33 heavy (non-hydrogen) atoms. The molecule has 1 aromatic heterocycles. The van der Waals surface area contributed by atoms with Gasteiger partial charge in [0.15, 0.2) is 0 Å². The number of piperidine rings is 1. The first kappa shape index (κ1) is 24.6. The summed E-state index contributed by atoms with van der Waals surface area (Å²) in [5.41, 5.74) is 0.864. The van der Waals surface area contributed by atoms with Crippen LogP contribution in [0, 0.1) is 12.8 Å². The highest BCUT2D eigenvalue weighted by molar-refractivity contribution is 7.89. The zero-order chi connectivity index (χ0) is 24.2. The average Bonchev–Trinajstić information content (AvgIpc) is 2.77. The van der Waals surface area contributed by atoms with Crippen molar-refractivity contribution in [2.75, 3.05) is 25.0 Å². The number of amides is 2. The van der Waals surface area contributed by atoms with Crippen LogP contribution >= 0.6 is 0 Å². The van der Waals surface area contributed by atoms with Crippen molar-refractivity contribution in [2.45, 2.75) is 30.8 Å². The number of nitrogens with zero attached hydrogens (tertiary/aromatic N) is 2. The van der Waals surface area contributed by atoms with Crippen LogP contribution in [0.4, 0.5) is 19.0 Å². The van der Waals surface area contributed by atoms with E-state index in [1.165, 1.54) is 16.4 Å². The van der Waals surface area contributed by atoms with Crippen LogP contribution in [-0.2, 0) is 14.8 Å². The Hall–Kier alpha value is -2.99. The molecule has 0 spiro atoms. The van der Waals surface area contributed by atoms with Crippen molar-refractivity contribution in [3.05, 3.63) is 53.7 Å². The number of pyridine rings is 1. The van der Waals surface area contributed by atoms with Gasteiger partial charge in [-0.25, -0.2) is 13.4 Å². The number of aryl methyl sites for hydroxylation is 1. The Bertz CT molecular complexity index is 1110. The quantitative estimate of drug-likeness (QED) is 0.656. The van der Waals surface area contributed by atoms with Gasteiger partial charge in [0.05, 0.1) is 4.90 Å². The molecule has 12 heteroatoms. The summed E-state index contributed by atoms with van der Waals surface area (Å²) in [5, 5.41) is 4.48. The fraction of sp³-hybridized carbons (Fsp3) is 0.381. The molecule has 0 radical (unpaired) electrons. The number of sulfonamides is 1. The second-order valence-corrected chi connectivity index (χ2v) is 9.65. The van der Waals surface area contributed by atoms with E-state index in [0.29, 0.717) is 18.7 Å². The number of nitrogens with one attached hydrogen (secondary N) is 2. The lowest BCUT2D eigenvalue weighted by molar-refractivity contribution is -0.123. The first-order valence-corrected chi connectivity index (χ1v) is 11.6. The molecular weight excluding hydrogens is 461 g/mol. The van der Waals surface area contributed by atoms with Crippen LogP contribution < -0.4 is 10.6 Å². The monoisotopic (exact) mass is 484 g/mol. The molecule has 1 aromatic carbocycles. The molecule has 3 rings (SSSR count). The van der Waals surface area contributed by atoms with Crippen LogP contribution in [0.5, 0.6) is 0 Å². The van der Waals surface area contributed by atoms with Gasteiger partial charge in [-0.15, -0.1) is 0 Å². The number of hydrogen-bond acceptors (Lipinski definition) is 5. The van der Waals surface area contributed by atoms with Crippen molar-refractivity contribution in [1.29, 1.82) is 0 Å². The van der Waals surface area contributed by atoms with Crippen molar-refractivity contribution < 1.29 is 31.2 Å². The van der Waals surface area contributed by atoms with E-state index in [-0.39, 0.29) is 35.4 Å². The molecule has 2 amide bonds. The zero-order valence-electron chi connectivity index (χ0n) is 17.7. The van der Waals surface area contributed by atoms with Gasteiger partial charge in [0, 0.05) is 30.8 Å². The lowest BCUT2D eigenvalue weighted by atomic mass is 9.97. The number of carbonyl (C=O) groups excluding carboxylic acids is 2. The fourth-order valence-corrected chi connectivity index (χ4v) is 4.87. The zero-order valence-corrected chi connectivity index (χ0v) is 18.5. The fourth-order valence-electron chi connectivity index (χ4n) is 3.40. The average molecular weight is 485 g/mol.